The van der Waals surface area contributed by atoms with Gasteiger partial charge in [0.1, 0.15) is 0 Å². The molecule has 2 heterocycles. The van der Waals surface area contributed by atoms with E-state index in [0.29, 0.717) is 11.8 Å². The molecule has 3 rings (SSSR count). The number of benzene rings is 1. The van der Waals surface area contributed by atoms with E-state index in [4.69, 9.17) is 4.42 Å². The Bertz CT molecular complexity index is 599. The minimum atomic E-state index is 0.415. The van der Waals surface area contributed by atoms with Crippen molar-refractivity contribution in [2.45, 2.75) is 60.3 Å². The van der Waals surface area contributed by atoms with E-state index in [-0.39, 0.29) is 0 Å². The molecule has 0 atom stereocenters. The summed E-state index contributed by atoms with van der Waals surface area (Å²) >= 11 is 0. The topological polar surface area (TPSA) is 42.2 Å². The SMILES string of the molecule is CC.CC.Cc1ccc(-c2nnc(C3CCN(C)CC3)o2)c(C)c1. The lowest BCUT2D eigenvalue weighted by atomic mass is 9.97. The smallest absolute Gasteiger partial charge is 0.248 e. The maximum Gasteiger partial charge on any atom is 0.248 e. The van der Waals surface area contributed by atoms with Crippen LogP contribution >= 0.6 is 0 Å². The lowest BCUT2D eigenvalue weighted by Gasteiger charge is -2.26. The van der Waals surface area contributed by atoms with Gasteiger partial charge >= 0.3 is 0 Å². The van der Waals surface area contributed by atoms with Crippen molar-refractivity contribution in [2.75, 3.05) is 20.1 Å². The van der Waals surface area contributed by atoms with Gasteiger partial charge in [-0.05, 0) is 58.5 Å². The van der Waals surface area contributed by atoms with Gasteiger partial charge in [0, 0.05) is 11.5 Å². The second-order valence-corrected chi connectivity index (χ2v) is 5.84. The number of hydrogen-bond donors (Lipinski definition) is 0. The van der Waals surface area contributed by atoms with E-state index < -0.39 is 0 Å². The lowest BCUT2D eigenvalue weighted by Crippen LogP contribution is -2.29. The first kappa shape index (κ1) is 20.4. The third-order valence-corrected chi connectivity index (χ3v) is 4.12. The van der Waals surface area contributed by atoms with Gasteiger partial charge < -0.3 is 9.32 Å². The maximum atomic E-state index is 5.92. The molecule has 4 heteroatoms. The summed E-state index contributed by atoms with van der Waals surface area (Å²) in [6, 6.07) is 6.30. The van der Waals surface area contributed by atoms with E-state index in [1.54, 1.807) is 0 Å². The number of nitrogens with zero attached hydrogens (tertiary/aromatic N) is 3. The Hall–Kier alpha value is -1.68. The molecule has 1 aliphatic heterocycles. The van der Waals surface area contributed by atoms with Crippen molar-refractivity contribution < 1.29 is 4.42 Å². The van der Waals surface area contributed by atoms with Crippen molar-refractivity contribution in [3.8, 4) is 11.5 Å². The molecule has 1 aliphatic rings. The number of rotatable bonds is 2. The van der Waals surface area contributed by atoms with Crippen molar-refractivity contribution in [3.63, 3.8) is 0 Å². The van der Waals surface area contributed by atoms with Crippen LogP contribution in [-0.2, 0) is 0 Å². The van der Waals surface area contributed by atoms with E-state index in [9.17, 15) is 0 Å². The Balaban J connectivity index is 0.000000671. The Morgan fingerprint density at radius 3 is 2.21 bits per heavy atom. The van der Waals surface area contributed by atoms with Crippen molar-refractivity contribution in [1.82, 2.24) is 15.1 Å². The highest BCUT2D eigenvalue weighted by Crippen LogP contribution is 2.30. The number of likely N-dealkylation sites (tertiary alicyclic amines) is 1. The summed E-state index contributed by atoms with van der Waals surface area (Å²) in [6.45, 7) is 14.4. The molecule has 0 unspecified atom stereocenters. The van der Waals surface area contributed by atoms with E-state index >= 15 is 0 Å². The highest BCUT2D eigenvalue weighted by atomic mass is 16.4. The first-order valence-electron chi connectivity index (χ1n) is 9.23. The number of aromatic nitrogens is 2. The predicted molar refractivity (Wildman–Crippen MR) is 101 cm³/mol. The van der Waals surface area contributed by atoms with Gasteiger partial charge in [-0.2, -0.15) is 0 Å². The first-order valence-corrected chi connectivity index (χ1v) is 9.23. The van der Waals surface area contributed by atoms with Gasteiger partial charge in [-0.25, -0.2) is 0 Å². The Morgan fingerprint density at radius 1 is 1.00 bits per heavy atom. The molecule has 1 aromatic heterocycles. The summed E-state index contributed by atoms with van der Waals surface area (Å²) in [4.78, 5) is 2.35. The lowest BCUT2D eigenvalue weighted by molar-refractivity contribution is 0.237. The van der Waals surface area contributed by atoms with Crippen LogP contribution in [0.25, 0.3) is 11.5 Å². The minimum absolute atomic E-state index is 0.415. The molecular formula is C20H33N3O. The number of hydrogen-bond acceptors (Lipinski definition) is 4. The molecule has 0 aliphatic carbocycles. The molecule has 134 valence electrons. The molecule has 1 saturated heterocycles. The molecule has 0 N–H and O–H groups in total. The second-order valence-electron chi connectivity index (χ2n) is 5.84. The van der Waals surface area contributed by atoms with Gasteiger partial charge in [-0.3, -0.25) is 0 Å². The van der Waals surface area contributed by atoms with Crippen LogP contribution in [0.15, 0.2) is 22.6 Å². The summed E-state index contributed by atoms with van der Waals surface area (Å²) in [6.07, 6.45) is 2.20. The van der Waals surface area contributed by atoms with Gasteiger partial charge in [0.15, 0.2) is 0 Å². The first-order chi connectivity index (χ1) is 11.6. The monoisotopic (exact) mass is 331 g/mol. The molecule has 0 bridgehead atoms. The average molecular weight is 332 g/mol. The summed E-state index contributed by atoms with van der Waals surface area (Å²) in [5.41, 5.74) is 3.48. The summed E-state index contributed by atoms with van der Waals surface area (Å²) < 4.78 is 5.92. The Morgan fingerprint density at radius 2 is 1.62 bits per heavy atom. The third-order valence-electron chi connectivity index (χ3n) is 4.12. The van der Waals surface area contributed by atoms with E-state index in [0.717, 1.165) is 37.4 Å². The zero-order valence-electron chi connectivity index (χ0n) is 16.4. The van der Waals surface area contributed by atoms with E-state index in [2.05, 4.69) is 54.2 Å². The quantitative estimate of drug-likeness (QED) is 0.757. The largest absolute Gasteiger partial charge is 0.420 e. The normalized spacial score (nSPS) is 15.1. The zero-order chi connectivity index (χ0) is 18.1. The molecule has 0 spiro atoms. The molecule has 0 radical (unpaired) electrons. The predicted octanol–water partition coefficient (Wildman–Crippen LogP) is 5.22. The number of piperidine rings is 1. The number of aryl methyl sites for hydroxylation is 2. The highest BCUT2D eigenvalue weighted by molar-refractivity contribution is 5.58. The fourth-order valence-electron chi connectivity index (χ4n) is 2.82. The molecule has 24 heavy (non-hydrogen) atoms. The van der Waals surface area contributed by atoms with E-state index in [1.807, 2.05) is 27.7 Å². The molecule has 4 nitrogen and oxygen atoms in total. The molecular weight excluding hydrogens is 298 g/mol. The van der Waals surface area contributed by atoms with Crippen molar-refractivity contribution in [3.05, 3.63) is 35.2 Å². The molecule has 0 amide bonds. The van der Waals surface area contributed by atoms with Crippen LogP contribution in [0, 0.1) is 13.8 Å². The summed E-state index contributed by atoms with van der Waals surface area (Å²) in [5, 5.41) is 8.51. The van der Waals surface area contributed by atoms with Crippen LogP contribution in [-0.4, -0.2) is 35.2 Å². The Labute approximate surface area is 147 Å². The van der Waals surface area contributed by atoms with Gasteiger partial charge in [0.25, 0.3) is 0 Å². The fraction of sp³-hybridized carbons (Fsp3) is 0.600. The van der Waals surface area contributed by atoms with Crippen LogP contribution < -0.4 is 0 Å². The second kappa shape index (κ2) is 10.2. The van der Waals surface area contributed by atoms with Gasteiger partial charge in [0.2, 0.25) is 11.8 Å². The molecule has 2 aromatic rings. The maximum absolute atomic E-state index is 5.92. The van der Waals surface area contributed by atoms with Gasteiger partial charge in [-0.1, -0.05) is 45.4 Å². The van der Waals surface area contributed by atoms with Crippen LogP contribution in [0.5, 0.6) is 0 Å². The molecule has 1 fully saturated rings. The minimum Gasteiger partial charge on any atom is -0.420 e. The fourth-order valence-corrected chi connectivity index (χ4v) is 2.82. The van der Waals surface area contributed by atoms with Crippen LogP contribution in [0.1, 0.15) is 63.5 Å². The van der Waals surface area contributed by atoms with Crippen molar-refractivity contribution in [2.24, 2.45) is 0 Å². The third kappa shape index (κ3) is 5.17. The Kier molecular flexibility index (Phi) is 8.69. The average Bonchev–Trinajstić information content (AvgIpc) is 3.09. The standard InChI is InChI=1S/C16H21N3O.2C2H6/c1-11-4-5-14(12(2)10-11)16-18-17-15(20-16)13-6-8-19(3)9-7-13;2*1-2/h4-5,10,13H,6-9H2,1-3H3;2*1-2H3. The molecule has 0 saturated carbocycles. The van der Waals surface area contributed by atoms with Crippen LogP contribution in [0.4, 0.5) is 0 Å². The van der Waals surface area contributed by atoms with Crippen LogP contribution in [0.3, 0.4) is 0 Å². The molecule has 1 aromatic carbocycles. The van der Waals surface area contributed by atoms with Crippen molar-refractivity contribution in [1.29, 1.82) is 0 Å². The van der Waals surface area contributed by atoms with Crippen LogP contribution in [0.2, 0.25) is 0 Å². The van der Waals surface area contributed by atoms with E-state index in [1.165, 1.54) is 11.1 Å². The van der Waals surface area contributed by atoms with Gasteiger partial charge in [-0.15, -0.1) is 10.2 Å². The summed E-state index contributed by atoms with van der Waals surface area (Å²) in [5.74, 6) is 1.86. The highest BCUT2D eigenvalue weighted by Gasteiger charge is 2.23. The van der Waals surface area contributed by atoms with Gasteiger partial charge in [0.05, 0.1) is 0 Å². The van der Waals surface area contributed by atoms with Crippen molar-refractivity contribution >= 4 is 0 Å². The zero-order valence-corrected chi connectivity index (χ0v) is 16.4. The summed E-state index contributed by atoms with van der Waals surface area (Å²) in [7, 11) is 2.16.